The van der Waals surface area contributed by atoms with Gasteiger partial charge in [0.25, 0.3) is 0 Å². The number of amides is 2. The lowest BCUT2D eigenvalue weighted by molar-refractivity contribution is 0.0615. The van der Waals surface area contributed by atoms with Gasteiger partial charge in [0.1, 0.15) is 6.10 Å². The van der Waals surface area contributed by atoms with Crippen LogP contribution in [0, 0.1) is 5.92 Å². The average Bonchev–Trinajstić information content (AvgIpc) is 3.40. The summed E-state index contributed by atoms with van der Waals surface area (Å²) in [6.45, 7) is 1.85. The summed E-state index contributed by atoms with van der Waals surface area (Å²) in [4.78, 5) is 12.2. The van der Waals surface area contributed by atoms with Gasteiger partial charge < -0.3 is 20.1 Å². The Kier molecular flexibility index (Phi) is 6.07. The van der Waals surface area contributed by atoms with Gasteiger partial charge in [-0.25, -0.2) is 4.79 Å². The lowest BCUT2D eigenvalue weighted by atomic mass is 9.94. The van der Waals surface area contributed by atoms with Gasteiger partial charge in [-0.2, -0.15) is 11.3 Å². The molecule has 2 aromatic rings. The fourth-order valence-corrected chi connectivity index (χ4v) is 4.62. The average molecular weight is 387 g/mol. The molecule has 2 aliphatic heterocycles. The minimum Gasteiger partial charge on any atom is -0.373 e. The summed E-state index contributed by atoms with van der Waals surface area (Å²) < 4.78 is 12.0. The topological polar surface area (TPSA) is 59.6 Å². The fraction of sp³-hybridized carbons (Fsp3) is 0.476. The van der Waals surface area contributed by atoms with E-state index in [0.717, 1.165) is 19.3 Å². The van der Waals surface area contributed by atoms with E-state index in [4.69, 9.17) is 9.47 Å². The Morgan fingerprint density at radius 3 is 2.70 bits per heavy atom. The van der Waals surface area contributed by atoms with Crippen LogP contribution in [0.15, 0.2) is 47.2 Å². The first-order valence-electron chi connectivity index (χ1n) is 9.62. The molecule has 1 aromatic heterocycles. The van der Waals surface area contributed by atoms with Gasteiger partial charge in [-0.05, 0) is 47.2 Å². The second kappa shape index (κ2) is 8.87. The van der Waals surface area contributed by atoms with Crippen LogP contribution >= 0.6 is 11.3 Å². The van der Waals surface area contributed by atoms with E-state index in [1.165, 1.54) is 11.1 Å². The highest BCUT2D eigenvalue weighted by molar-refractivity contribution is 7.07. The van der Waals surface area contributed by atoms with Gasteiger partial charge in [-0.1, -0.05) is 30.3 Å². The molecule has 4 rings (SSSR count). The lowest BCUT2D eigenvalue weighted by Crippen LogP contribution is -2.48. The normalized spacial score (nSPS) is 26.7. The smallest absolute Gasteiger partial charge is 0.315 e. The summed E-state index contributed by atoms with van der Waals surface area (Å²) >= 11 is 1.74. The van der Waals surface area contributed by atoms with Gasteiger partial charge in [0, 0.05) is 12.5 Å². The molecule has 2 aliphatic rings. The van der Waals surface area contributed by atoms with Crippen LogP contribution in [0.1, 0.15) is 17.5 Å². The van der Waals surface area contributed by atoms with E-state index >= 15 is 0 Å². The van der Waals surface area contributed by atoms with Crippen molar-refractivity contribution >= 4 is 17.4 Å². The molecule has 0 unspecified atom stereocenters. The number of fused-ring (bicyclic) bond motifs is 1. The largest absolute Gasteiger partial charge is 0.373 e. The molecule has 0 saturated carbocycles. The van der Waals surface area contributed by atoms with Crippen LogP contribution in [0.2, 0.25) is 0 Å². The van der Waals surface area contributed by atoms with Crippen LogP contribution in [0.5, 0.6) is 0 Å². The first-order valence-corrected chi connectivity index (χ1v) is 10.6. The maximum absolute atomic E-state index is 12.2. The fourth-order valence-electron chi connectivity index (χ4n) is 3.92. The van der Waals surface area contributed by atoms with Gasteiger partial charge in [-0.3, -0.25) is 0 Å². The molecule has 1 aromatic carbocycles. The summed E-state index contributed by atoms with van der Waals surface area (Å²) in [5.74, 6) is 0.405. The number of carbonyl (C=O) groups excluding carboxylic acids is 1. The molecule has 6 heteroatoms. The molecule has 2 fully saturated rings. The van der Waals surface area contributed by atoms with Crippen molar-refractivity contribution in [1.29, 1.82) is 0 Å². The monoisotopic (exact) mass is 386 g/mol. The van der Waals surface area contributed by atoms with Crippen molar-refractivity contribution in [1.82, 2.24) is 10.6 Å². The molecule has 0 bridgehead atoms. The van der Waals surface area contributed by atoms with Crippen molar-refractivity contribution in [2.24, 2.45) is 5.92 Å². The minimum absolute atomic E-state index is 0.0302. The number of ether oxygens (including phenoxy) is 2. The molecular weight excluding hydrogens is 360 g/mol. The van der Waals surface area contributed by atoms with Gasteiger partial charge in [-0.15, -0.1) is 0 Å². The van der Waals surface area contributed by atoms with Gasteiger partial charge in [0.05, 0.1) is 25.4 Å². The summed E-state index contributed by atoms with van der Waals surface area (Å²) in [6.07, 6.45) is 3.01. The summed E-state index contributed by atoms with van der Waals surface area (Å²) in [6, 6.07) is 12.1. The predicted molar refractivity (Wildman–Crippen MR) is 106 cm³/mol. The molecular formula is C21H26N2O3S. The van der Waals surface area contributed by atoms with E-state index in [1.54, 1.807) is 11.3 Å². The Balaban J connectivity index is 1.20. The number of nitrogens with one attached hydrogen (secondary N) is 2. The van der Waals surface area contributed by atoms with Crippen LogP contribution in [0.25, 0.3) is 0 Å². The second-order valence-corrected chi connectivity index (χ2v) is 8.05. The third-order valence-electron chi connectivity index (χ3n) is 5.40. The minimum atomic E-state index is -0.148. The van der Waals surface area contributed by atoms with E-state index in [-0.39, 0.29) is 24.3 Å². The maximum Gasteiger partial charge on any atom is 0.315 e. The van der Waals surface area contributed by atoms with Gasteiger partial charge in [0.15, 0.2) is 0 Å². The molecule has 0 aliphatic carbocycles. The number of benzene rings is 1. The summed E-state index contributed by atoms with van der Waals surface area (Å²) in [5.41, 5.74) is 2.60. The Morgan fingerprint density at radius 1 is 1.04 bits per heavy atom. The van der Waals surface area contributed by atoms with Crippen molar-refractivity contribution < 1.29 is 14.3 Å². The Bertz CT molecular complexity index is 722. The number of hydrogen-bond donors (Lipinski definition) is 2. The third-order valence-corrected chi connectivity index (χ3v) is 6.13. The van der Waals surface area contributed by atoms with Crippen molar-refractivity contribution in [2.45, 2.75) is 37.5 Å². The van der Waals surface area contributed by atoms with Crippen LogP contribution in [-0.2, 0) is 22.3 Å². The molecule has 144 valence electrons. The molecule has 3 heterocycles. The Hall–Kier alpha value is -1.89. The number of aryl methyl sites for hydroxylation is 1. The van der Waals surface area contributed by atoms with Crippen molar-refractivity contribution in [3.63, 3.8) is 0 Å². The maximum atomic E-state index is 12.2. The third kappa shape index (κ3) is 4.69. The molecule has 2 saturated heterocycles. The number of urea groups is 1. The van der Waals surface area contributed by atoms with Gasteiger partial charge >= 0.3 is 6.03 Å². The van der Waals surface area contributed by atoms with Crippen molar-refractivity contribution in [3.05, 3.63) is 58.3 Å². The van der Waals surface area contributed by atoms with Crippen LogP contribution < -0.4 is 10.6 Å². The van der Waals surface area contributed by atoms with Crippen molar-refractivity contribution in [3.8, 4) is 0 Å². The molecule has 2 amide bonds. The first-order chi connectivity index (χ1) is 13.3. The van der Waals surface area contributed by atoms with E-state index < -0.39 is 0 Å². The zero-order valence-electron chi connectivity index (χ0n) is 15.3. The Morgan fingerprint density at radius 2 is 1.89 bits per heavy atom. The molecule has 2 N–H and O–H groups in total. The number of carbonyl (C=O) groups is 1. The molecule has 0 radical (unpaired) electrons. The van der Waals surface area contributed by atoms with E-state index in [1.807, 2.05) is 18.2 Å². The number of thiophene rings is 1. The Labute approximate surface area is 164 Å². The SMILES string of the molecule is O=C(NCCc1ccccc1)N[C@H]1CO[C@@H]2[C@@H](CCc3ccsc3)CO[C@@H]21. The highest BCUT2D eigenvalue weighted by Gasteiger charge is 2.47. The van der Waals surface area contributed by atoms with Crippen molar-refractivity contribution in [2.75, 3.05) is 19.8 Å². The highest BCUT2D eigenvalue weighted by atomic mass is 32.1. The second-order valence-electron chi connectivity index (χ2n) is 7.27. The number of rotatable bonds is 7. The molecule has 0 spiro atoms. The molecule has 27 heavy (non-hydrogen) atoms. The van der Waals surface area contributed by atoms with Crippen LogP contribution in [-0.4, -0.2) is 44.0 Å². The lowest BCUT2D eigenvalue weighted by Gasteiger charge is -2.18. The zero-order chi connectivity index (χ0) is 18.5. The first kappa shape index (κ1) is 18.5. The van der Waals surface area contributed by atoms with Crippen LogP contribution in [0.3, 0.4) is 0 Å². The summed E-state index contributed by atoms with van der Waals surface area (Å²) in [7, 11) is 0. The predicted octanol–water partition coefficient (Wildman–Crippen LogP) is 3.01. The van der Waals surface area contributed by atoms with Gasteiger partial charge in [0.2, 0.25) is 0 Å². The number of hydrogen-bond acceptors (Lipinski definition) is 4. The van der Waals surface area contributed by atoms with Crippen LogP contribution in [0.4, 0.5) is 4.79 Å². The quantitative estimate of drug-likeness (QED) is 0.769. The van der Waals surface area contributed by atoms with E-state index in [0.29, 0.717) is 25.7 Å². The van der Waals surface area contributed by atoms with E-state index in [2.05, 4.69) is 39.6 Å². The zero-order valence-corrected chi connectivity index (χ0v) is 16.1. The molecule has 5 nitrogen and oxygen atoms in total. The molecule has 4 atom stereocenters. The summed E-state index contributed by atoms with van der Waals surface area (Å²) in [5, 5.41) is 10.3. The highest BCUT2D eigenvalue weighted by Crippen LogP contribution is 2.33. The van der Waals surface area contributed by atoms with E-state index in [9.17, 15) is 4.79 Å². The standard InChI is InChI=1S/C21H26N2O3S/c24-21(22-10-8-15-4-2-1-3-5-15)23-18-13-26-19-17(12-25-20(18)19)7-6-16-9-11-27-14-16/h1-5,9,11,14,17-20H,6-8,10,12-13H2,(H2,22,23,24)/t17-,18-,19+,20+/m0/s1.